The van der Waals surface area contributed by atoms with E-state index < -0.39 is 28.5 Å². The summed E-state index contributed by atoms with van der Waals surface area (Å²) in [5.41, 5.74) is 1.81. The van der Waals surface area contributed by atoms with E-state index in [4.69, 9.17) is 9.47 Å². The molecule has 0 bridgehead atoms. The molecule has 1 N–H and O–H groups in total. The summed E-state index contributed by atoms with van der Waals surface area (Å²) in [5, 5.41) is 2.93. The van der Waals surface area contributed by atoms with Crippen LogP contribution in [0.4, 0.5) is 5.69 Å². The van der Waals surface area contributed by atoms with Crippen LogP contribution in [0.15, 0.2) is 77.3 Å². The van der Waals surface area contributed by atoms with Gasteiger partial charge in [-0.2, -0.15) is 0 Å². The Kier molecular flexibility index (Phi) is 11.2. The maximum absolute atomic E-state index is 14.2. The lowest BCUT2D eigenvalue weighted by Gasteiger charge is -2.34. The van der Waals surface area contributed by atoms with Crippen LogP contribution in [0.3, 0.4) is 0 Å². The van der Waals surface area contributed by atoms with E-state index in [0.29, 0.717) is 5.75 Å². The first kappa shape index (κ1) is 32.0. The van der Waals surface area contributed by atoms with Crippen molar-refractivity contribution in [1.29, 1.82) is 0 Å². The van der Waals surface area contributed by atoms with Gasteiger partial charge in [0.1, 0.15) is 24.1 Å². The molecule has 1 atom stereocenters. The molecule has 0 aliphatic rings. The van der Waals surface area contributed by atoms with Crippen LogP contribution in [0.1, 0.15) is 25.0 Å². The summed E-state index contributed by atoms with van der Waals surface area (Å²) in [4.78, 5) is 29.2. The van der Waals surface area contributed by atoms with Gasteiger partial charge in [0.05, 0.1) is 26.2 Å². The van der Waals surface area contributed by atoms with E-state index in [1.54, 1.807) is 12.1 Å². The molecule has 0 heterocycles. The van der Waals surface area contributed by atoms with E-state index in [0.717, 1.165) is 26.2 Å². The number of carbonyl (C=O) groups is 2. The van der Waals surface area contributed by atoms with Crippen molar-refractivity contribution in [2.75, 3.05) is 31.3 Å². The Hall–Kier alpha value is -3.57. The van der Waals surface area contributed by atoms with Crippen molar-refractivity contribution in [3.8, 4) is 11.5 Å². The summed E-state index contributed by atoms with van der Waals surface area (Å²) >= 11 is 3.47. The molecule has 41 heavy (non-hydrogen) atoms. The number of sulfonamides is 1. The van der Waals surface area contributed by atoms with E-state index in [-0.39, 0.29) is 36.4 Å². The fourth-order valence-electron chi connectivity index (χ4n) is 4.35. The van der Waals surface area contributed by atoms with Gasteiger partial charge in [-0.15, -0.1) is 0 Å². The molecule has 3 rings (SSSR count). The topological polar surface area (TPSA) is 105 Å². The minimum absolute atomic E-state index is 0.0820. The predicted octanol–water partition coefficient (Wildman–Crippen LogP) is 4.40. The Labute approximate surface area is 250 Å². The van der Waals surface area contributed by atoms with Crippen molar-refractivity contribution in [3.63, 3.8) is 0 Å². The molecule has 11 heteroatoms. The zero-order chi connectivity index (χ0) is 30.2. The van der Waals surface area contributed by atoms with Crippen LogP contribution < -0.4 is 19.1 Å². The molecule has 0 aliphatic heterocycles. The maximum Gasteiger partial charge on any atom is 0.244 e. The van der Waals surface area contributed by atoms with Gasteiger partial charge in [0.25, 0.3) is 0 Å². The van der Waals surface area contributed by atoms with Gasteiger partial charge in [-0.3, -0.25) is 13.9 Å². The quantitative estimate of drug-likeness (QED) is 0.296. The summed E-state index contributed by atoms with van der Waals surface area (Å²) in [7, 11) is -1.05. The van der Waals surface area contributed by atoms with Crippen LogP contribution in [-0.4, -0.2) is 64.2 Å². The molecule has 220 valence electrons. The molecule has 0 aromatic heterocycles. The fourth-order valence-corrected chi connectivity index (χ4v) is 5.65. The standard InChI is InChI=1S/C30H36BrN3O6S/c1-21(2)32-30(36)27(17-22-10-7-6-8-11-22)33(19-23-12-9-13-24(31)16-23)29(35)20-34(41(5,37)38)26-15-14-25(39-3)18-28(26)40-4/h6-16,18,21,27H,17,19-20H2,1-5H3,(H,32,36)/t27-/m0/s1. The lowest BCUT2D eigenvalue weighted by Crippen LogP contribution is -2.54. The first-order chi connectivity index (χ1) is 19.4. The number of halogens is 1. The van der Waals surface area contributed by atoms with E-state index in [9.17, 15) is 18.0 Å². The second kappa shape index (κ2) is 14.4. The number of benzene rings is 3. The number of nitrogens with one attached hydrogen (secondary N) is 1. The van der Waals surface area contributed by atoms with Crippen molar-refractivity contribution < 1.29 is 27.5 Å². The molecule has 0 aliphatic carbocycles. The summed E-state index contributed by atoms with van der Waals surface area (Å²) in [6.07, 6.45) is 1.26. The second-order valence-electron chi connectivity index (χ2n) is 9.83. The van der Waals surface area contributed by atoms with Crippen LogP contribution >= 0.6 is 15.9 Å². The van der Waals surface area contributed by atoms with Gasteiger partial charge in [0.15, 0.2) is 0 Å². The minimum Gasteiger partial charge on any atom is -0.497 e. The number of anilines is 1. The SMILES string of the molecule is COc1ccc(N(CC(=O)N(Cc2cccc(Br)c2)[C@@H](Cc2ccccc2)C(=O)NC(C)C)S(C)(=O)=O)c(OC)c1. The van der Waals surface area contributed by atoms with E-state index >= 15 is 0 Å². The van der Waals surface area contributed by atoms with Gasteiger partial charge in [-0.1, -0.05) is 58.4 Å². The van der Waals surface area contributed by atoms with Crippen molar-refractivity contribution >= 4 is 43.5 Å². The van der Waals surface area contributed by atoms with Gasteiger partial charge in [-0.05, 0) is 49.2 Å². The van der Waals surface area contributed by atoms with E-state index in [1.807, 2.05) is 68.4 Å². The number of nitrogens with zero attached hydrogens (tertiary/aromatic N) is 2. The average Bonchev–Trinajstić information content (AvgIpc) is 2.92. The van der Waals surface area contributed by atoms with Crippen LogP contribution in [-0.2, 0) is 32.6 Å². The highest BCUT2D eigenvalue weighted by Gasteiger charge is 2.34. The average molecular weight is 647 g/mol. The Morgan fingerprint density at radius 1 is 0.927 bits per heavy atom. The Morgan fingerprint density at radius 2 is 1.61 bits per heavy atom. The number of methoxy groups -OCH3 is 2. The van der Waals surface area contributed by atoms with Gasteiger partial charge >= 0.3 is 0 Å². The third-order valence-corrected chi connectivity index (χ3v) is 7.90. The molecule has 9 nitrogen and oxygen atoms in total. The Bertz CT molecular complexity index is 1450. The first-order valence-electron chi connectivity index (χ1n) is 13.0. The van der Waals surface area contributed by atoms with Crippen molar-refractivity contribution in [3.05, 3.63) is 88.4 Å². The van der Waals surface area contributed by atoms with Crippen LogP contribution in [0.25, 0.3) is 0 Å². The smallest absolute Gasteiger partial charge is 0.244 e. The molecule has 0 spiro atoms. The molecule has 0 saturated carbocycles. The second-order valence-corrected chi connectivity index (χ2v) is 12.7. The van der Waals surface area contributed by atoms with E-state index in [1.165, 1.54) is 25.2 Å². The lowest BCUT2D eigenvalue weighted by atomic mass is 10.0. The predicted molar refractivity (Wildman–Crippen MR) is 164 cm³/mol. The van der Waals surface area contributed by atoms with Crippen LogP contribution in [0.2, 0.25) is 0 Å². The highest BCUT2D eigenvalue weighted by Crippen LogP contribution is 2.34. The van der Waals surface area contributed by atoms with Gasteiger partial charge < -0.3 is 19.7 Å². The number of ether oxygens (including phenoxy) is 2. The highest BCUT2D eigenvalue weighted by molar-refractivity contribution is 9.10. The molecule has 0 unspecified atom stereocenters. The van der Waals surface area contributed by atoms with Crippen LogP contribution in [0, 0.1) is 0 Å². The molecule has 0 radical (unpaired) electrons. The molecular weight excluding hydrogens is 610 g/mol. The lowest BCUT2D eigenvalue weighted by molar-refractivity contribution is -0.140. The van der Waals surface area contributed by atoms with Crippen molar-refractivity contribution in [2.24, 2.45) is 0 Å². The summed E-state index contributed by atoms with van der Waals surface area (Å²) in [5.74, 6) is -0.192. The first-order valence-corrected chi connectivity index (χ1v) is 15.6. The highest BCUT2D eigenvalue weighted by atomic mass is 79.9. The van der Waals surface area contributed by atoms with Gasteiger partial charge in [0, 0.05) is 29.5 Å². The summed E-state index contributed by atoms with van der Waals surface area (Å²) in [6.45, 7) is 3.23. The fraction of sp³-hybridized carbons (Fsp3) is 0.333. The Morgan fingerprint density at radius 3 is 2.20 bits per heavy atom. The number of amides is 2. The number of hydrogen-bond acceptors (Lipinski definition) is 6. The van der Waals surface area contributed by atoms with Crippen LogP contribution in [0.5, 0.6) is 11.5 Å². The monoisotopic (exact) mass is 645 g/mol. The normalized spacial score (nSPS) is 12.0. The van der Waals surface area contributed by atoms with E-state index in [2.05, 4.69) is 21.2 Å². The maximum atomic E-state index is 14.2. The third-order valence-electron chi connectivity index (χ3n) is 6.28. The zero-order valence-electron chi connectivity index (χ0n) is 23.8. The third kappa shape index (κ3) is 8.96. The molecule has 0 saturated heterocycles. The number of rotatable bonds is 13. The number of carbonyl (C=O) groups excluding carboxylic acids is 2. The van der Waals surface area contributed by atoms with Crippen molar-refractivity contribution in [1.82, 2.24) is 10.2 Å². The van der Waals surface area contributed by atoms with Crippen molar-refractivity contribution in [2.45, 2.75) is 38.9 Å². The molecule has 0 fully saturated rings. The number of hydrogen-bond donors (Lipinski definition) is 1. The largest absolute Gasteiger partial charge is 0.497 e. The Balaban J connectivity index is 2.09. The minimum atomic E-state index is -3.95. The zero-order valence-corrected chi connectivity index (χ0v) is 26.2. The molecule has 2 amide bonds. The molecular formula is C30H36BrN3O6S. The molecule has 3 aromatic carbocycles. The molecule has 3 aromatic rings. The summed E-state index contributed by atoms with van der Waals surface area (Å²) in [6, 6.07) is 20.4. The van der Waals surface area contributed by atoms with Gasteiger partial charge in [0.2, 0.25) is 21.8 Å². The van der Waals surface area contributed by atoms with Gasteiger partial charge in [-0.25, -0.2) is 8.42 Å². The summed E-state index contributed by atoms with van der Waals surface area (Å²) < 4.78 is 38.6.